The molecule has 1 fully saturated rings. The van der Waals surface area contributed by atoms with Gasteiger partial charge in [-0.2, -0.15) is 0 Å². The SMILES string of the molecule is O=C1CC(C(=O)N(Cc2cccs2)Cc2cccs2)CN1Cc1ccco1. The van der Waals surface area contributed by atoms with Gasteiger partial charge in [-0.1, -0.05) is 12.1 Å². The van der Waals surface area contributed by atoms with Gasteiger partial charge in [0.05, 0.1) is 31.8 Å². The van der Waals surface area contributed by atoms with E-state index < -0.39 is 0 Å². The van der Waals surface area contributed by atoms with Gasteiger partial charge in [0.1, 0.15) is 5.76 Å². The largest absolute Gasteiger partial charge is 0.467 e. The monoisotopic (exact) mass is 400 g/mol. The Labute approximate surface area is 165 Å². The molecule has 1 atom stereocenters. The smallest absolute Gasteiger partial charge is 0.228 e. The van der Waals surface area contributed by atoms with Crippen LogP contribution in [0.3, 0.4) is 0 Å². The first kappa shape index (κ1) is 18.0. The van der Waals surface area contributed by atoms with Crippen LogP contribution in [-0.4, -0.2) is 28.2 Å². The number of furan rings is 1. The van der Waals surface area contributed by atoms with Gasteiger partial charge in [0, 0.05) is 22.7 Å². The summed E-state index contributed by atoms with van der Waals surface area (Å²) in [6, 6.07) is 11.7. The third kappa shape index (κ3) is 4.31. The second-order valence-electron chi connectivity index (χ2n) is 6.61. The lowest BCUT2D eigenvalue weighted by atomic mass is 10.1. The van der Waals surface area contributed by atoms with Crippen LogP contribution in [0, 0.1) is 5.92 Å². The van der Waals surface area contributed by atoms with E-state index in [1.165, 1.54) is 0 Å². The number of hydrogen-bond donors (Lipinski definition) is 0. The second-order valence-corrected chi connectivity index (χ2v) is 8.67. The van der Waals surface area contributed by atoms with Crippen LogP contribution in [0.15, 0.2) is 57.8 Å². The fourth-order valence-corrected chi connectivity index (χ4v) is 4.77. The first-order valence-electron chi connectivity index (χ1n) is 8.83. The van der Waals surface area contributed by atoms with Crippen LogP contribution in [0.5, 0.6) is 0 Å². The van der Waals surface area contributed by atoms with Crippen LogP contribution in [0.25, 0.3) is 0 Å². The van der Waals surface area contributed by atoms with Crippen LogP contribution < -0.4 is 0 Å². The van der Waals surface area contributed by atoms with Gasteiger partial charge in [0.2, 0.25) is 11.8 Å². The molecule has 4 heterocycles. The highest BCUT2D eigenvalue weighted by Crippen LogP contribution is 2.25. The number of carbonyl (C=O) groups is 2. The summed E-state index contributed by atoms with van der Waals surface area (Å²) < 4.78 is 5.34. The van der Waals surface area contributed by atoms with Crippen molar-refractivity contribution in [3.8, 4) is 0 Å². The van der Waals surface area contributed by atoms with Gasteiger partial charge in [-0.05, 0) is 35.0 Å². The molecule has 0 N–H and O–H groups in total. The van der Waals surface area contributed by atoms with Gasteiger partial charge in [-0.3, -0.25) is 9.59 Å². The highest BCUT2D eigenvalue weighted by atomic mass is 32.1. The number of rotatable bonds is 7. The fourth-order valence-electron chi connectivity index (χ4n) is 3.33. The Bertz CT molecular complexity index is 836. The molecule has 3 aromatic heterocycles. The van der Waals surface area contributed by atoms with E-state index in [1.54, 1.807) is 33.8 Å². The van der Waals surface area contributed by atoms with E-state index in [0.29, 0.717) is 26.2 Å². The zero-order chi connectivity index (χ0) is 18.6. The Hall–Kier alpha value is -2.38. The summed E-state index contributed by atoms with van der Waals surface area (Å²) in [5.41, 5.74) is 0. The van der Waals surface area contributed by atoms with Crippen molar-refractivity contribution in [2.45, 2.75) is 26.1 Å². The minimum Gasteiger partial charge on any atom is -0.467 e. The average Bonchev–Trinajstić information content (AvgIpc) is 3.44. The Morgan fingerprint density at radius 1 is 1.11 bits per heavy atom. The third-order valence-corrected chi connectivity index (χ3v) is 6.38. The summed E-state index contributed by atoms with van der Waals surface area (Å²) in [5, 5.41) is 4.04. The van der Waals surface area contributed by atoms with Crippen LogP contribution in [0.1, 0.15) is 21.9 Å². The molecule has 0 saturated carbocycles. The van der Waals surface area contributed by atoms with Gasteiger partial charge in [-0.25, -0.2) is 0 Å². The zero-order valence-electron chi connectivity index (χ0n) is 14.7. The average molecular weight is 401 g/mol. The maximum atomic E-state index is 13.2. The molecule has 0 bridgehead atoms. The van der Waals surface area contributed by atoms with Crippen molar-refractivity contribution in [1.82, 2.24) is 9.80 Å². The molecule has 140 valence electrons. The predicted molar refractivity (Wildman–Crippen MR) is 105 cm³/mol. The van der Waals surface area contributed by atoms with Crippen molar-refractivity contribution >= 4 is 34.5 Å². The summed E-state index contributed by atoms with van der Waals surface area (Å²) in [7, 11) is 0. The van der Waals surface area contributed by atoms with E-state index in [4.69, 9.17) is 4.42 Å². The van der Waals surface area contributed by atoms with E-state index in [1.807, 2.05) is 52.1 Å². The Kier molecular flexibility index (Phi) is 5.40. The molecule has 1 saturated heterocycles. The molecule has 1 aliphatic heterocycles. The molecule has 1 unspecified atom stereocenters. The maximum absolute atomic E-state index is 13.2. The molecule has 1 aliphatic rings. The number of nitrogens with zero attached hydrogens (tertiary/aromatic N) is 2. The van der Waals surface area contributed by atoms with Gasteiger partial charge in [0.25, 0.3) is 0 Å². The second kappa shape index (κ2) is 8.10. The summed E-state index contributed by atoms with van der Waals surface area (Å²) in [6.07, 6.45) is 1.87. The quantitative estimate of drug-likeness (QED) is 0.603. The van der Waals surface area contributed by atoms with Crippen molar-refractivity contribution < 1.29 is 14.0 Å². The molecule has 3 aromatic rings. The predicted octanol–water partition coefficient (Wildman–Crippen LogP) is 3.98. The summed E-state index contributed by atoms with van der Waals surface area (Å²) in [6.45, 7) is 2.03. The lowest BCUT2D eigenvalue weighted by Gasteiger charge is -2.25. The molecule has 27 heavy (non-hydrogen) atoms. The van der Waals surface area contributed by atoms with E-state index >= 15 is 0 Å². The molecule has 4 rings (SSSR count). The highest BCUT2D eigenvalue weighted by Gasteiger charge is 2.37. The Balaban J connectivity index is 1.46. The Morgan fingerprint density at radius 3 is 2.37 bits per heavy atom. The van der Waals surface area contributed by atoms with Crippen LogP contribution in [-0.2, 0) is 29.2 Å². The van der Waals surface area contributed by atoms with Gasteiger partial charge < -0.3 is 14.2 Å². The van der Waals surface area contributed by atoms with Crippen molar-refractivity contribution in [3.05, 3.63) is 68.9 Å². The van der Waals surface area contributed by atoms with Crippen LogP contribution in [0.2, 0.25) is 0 Å². The zero-order valence-corrected chi connectivity index (χ0v) is 16.4. The summed E-state index contributed by atoms with van der Waals surface area (Å²) in [5.74, 6) is 0.502. The van der Waals surface area contributed by atoms with Crippen molar-refractivity contribution in [2.75, 3.05) is 6.54 Å². The number of likely N-dealkylation sites (tertiary alicyclic amines) is 1. The molecule has 0 aliphatic carbocycles. The third-order valence-electron chi connectivity index (χ3n) is 4.66. The highest BCUT2D eigenvalue weighted by molar-refractivity contribution is 7.10. The van der Waals surface area contributed by atoms with Gasteiger partial charge in [-0.15, -0.1) is 22.7 Å². The van der Waals surface area contributed by atoms with Gasteiger partial charge in [0.15, 0.2) is 0 Å². The minimum atomic E-state index is -0.299. The Morgan fingerprint density at radius 2 is 1.81 bits per heavy atom. The first-order chi connectivity index (χ1) is 13.2. The number of thiophene rings is 2. The fraction of sp³-hybridized carbons (Fsp3) is 0.300. The van der Waals surface area contributed by atoms with Crippen molar-refractivity contribution in [2.24, 2.45) is 5.92 Å². The number of carbonyl (C=O) groups excluding carboxylic acids is 2. The van der Waals surface area contributed by atoms with E-state index in [-0.39, 0.29) is 24.2 Å². The summed E-state index contributed by atoms with van der Waals surface area (Å²) >= 11 is 3.29. The molecular weight excluding hydrogens is 380 g/mol. The van der Waals surface area contributed by atoms with E-state index in [9.17, 15) is 9.59 Å². The molecule has 0 aromatic carbocycles. The van der Waals surface area contributed by atoms with E-state index in [2.05, 4.69) is 0 Å². The topological polar surface area (TPSA) is 53.8 Å². The lowest BCUT2D eigenvalue weighted by molar-refractivity contribution is -0.137. The molecule has 7 heteroatoms. The molecule has 0 spiro atoms. The maximum Gasteiger partial charge on any atom is 0.228 e. The van der Waals surface area contributed by atoms with Crippen molar-refractivity contribution in [3.63, 3.8) is 0 Å². The van der Waals surface area contributed by atoms with Crippen molar-refractivity contribution in [1.29, 1.82) is 0 Å². The van der Waals surface area contributed by atoms with E-state index in [0.717, 1.165) is 15.5 Å². The normalized spacial score (nSPS) is 16.8. The molecule has 2 amide bonds. The lowest BCUT2D eigenvalue weighted by Crippen LogP contribution is -2.36. The molecular formula is C20H20N2O3S2. The summed E-state index contributed by atoms with van der Waals surface area (Å²) in [4.78, 5) is 31.5. The minimum absolute atomic E-state index is 0.0111. The van der Waals surface area contributed by atoms with Gasteiger partial charge >= 0.3 is 0 Å². The van der Waals surface area contributed by atoms with Crippen LogP contribution in [0.4, 0.5) is 0 Å². The standard InChI is InChI=1S/C20H20N2O3S2/c23-19-10-15(11-21(19)12-16-4-1-7-25-16)20(24)22(13-17-5-2-8-26-17)14-18-6-3-9-27-18/h1-9,15H,10-14H2. The molecule has 0 radical (unpaired) electrons. The number of hydrogen-bond acceptors (Lipinski definition) is 5. The van der Waals surface area contributed by atoms with Crippen LogP contribution >= 0.6 is 22.7 Å². The first-order valence-corrected chi connectivity index (χ1v) is 10.6. The number of amides is 2. The molecule has 5 nitrogen and oxygen atoms in total.